The Morgan fingerprint density at radius 3 is 0.977 bits per heavy atom. The Labute approximate surface area is 457 Å². The van der Waals surface area contributed by atoms with Gasteiger partial charge in [-0.15, -0.1) is 0 Å². The summed E-state index contributed by atoms with van der Waals surface area (Å²) in [6, 6.07) is 2.94. The van der Waals surface area contributed by atoms with Gasteiger partial charge < -0.3 is 0 Å². The van der Waals surface area contributed by atoms with E-state index in [9.17, 15) is 123 Å². The topological polar surface area (TPSA) is 63.1 Å². The van der Waals surface area contributed by atoms with Crippen molar-refractivity contribution in [2.45, 2.75) is 160 Å². The minimum atomic E-state index is -8.98. The molecule has 86 heavy (non-hydrogen) atoms. The SMILES string of the molecule is CCN(CC)CCNC(=O)Cn1nn[c]([Sn]([CH2]CC(F)(F)C(F)(F)C(F)(F)C(F)(F)C(F)(F)C(F)(F)F)([CH2]CC(F)(F)C(F)(F)C(F)(F)C(F)(F)C(F)(F)C(F)(F)F)[CH2]CC(F)(F)C(F)(F)C(F)(F)C(F)(F)C(F)(F)C(F)(F)F)c1-c1ccccc1. The summed E-state index contributed by atoms with van der Waals surface area (Å²) in [5.74, 6) is -131. The molecule has 6 nitrogen and oxygen atoms in total. The first-order valence-electron chi connectivity index (χ1n) is 22.6. The van der Waals surface area contributed by atoms with Crippen LogP contribution in [0.3, 0.4) is 0 Å². The summed E-state index contributed by atoms with van der Waals surface area (Å²) in [5, 5.41) is 7.97. The molecule has 0 saturated carbocycles. The molecule has 46 heteroatoms. The second-order valence-corrected chi connectivity index (χ2v) is 31.4. The molecule has 2 aromatic rings. The molecule has 0 aliphatic carbocycles. The van der Waals surface area contributed by atoms with E-state index >= 15 is 52.7 Å². The first kappa shape index (κ1) is 78.0. The van der Waals surface area contributed by atoms with Gasteiger partial charge in [0.2, 0.25) is 0 Å². The molecule has 0 aliphatic heterocycles. The molecule has 0 saturated heterocycles. The van der Waals surface area contributed by atoms with E-state index in [-0.39, 0.29) is 24.3 Å². The van der Waals surface area contributed by atoms with Crippen LogP contribution in [0.2, 0.25) is 13.3 Å². The minimum absolute atomic E-state index is 0.167. The zero-order valence-electron chi connectivity index (χ0n) is 41.6. The van der Waals surface area contributed by atoms with Gasteiger partial charge >= 0.3 is 457 Å². The molecule has 0 atom stereocenters. The summed E-state index contributed by atoms with van der Waals surface area (Å²) >= 11 is -8.87. The van der Waals surface area contributed by atoms with Gasteiger partial charge in [0.25, 0.3) is 0 Å². The molecule has 1 amide bonds. The van der Waals surface area contributed by atoms with Crippen molar-refractivity contribution in [1.82, 2.24) is 25.2 Å². The van der Waals surface area contributed by atoms with Crippen LogP contribution in [0, 0.1) is 0 Å². The van der Waals surface area contributed by atoms with Crippen LogP contribution in [0.5, 0.6) is 0 Å². The zero-order chi connectivity index (χ0) is 68.4. The summed E-state index contributed by atoms with van der Waals surface area (Å²) in [5.41, 5.74) is -2.80. The molecule has 1 N–H and O–H groups in total. The number of rotatable bonds is 30. The van der Waals surface area contributed by atoms with Crippen molar-refractivity contribution in [2.75, 3.05) is 26.2 Å². The fraction of sp³-hybridized carbons (Fsp3) is 0.775. The van der Waals surface area contributed by atoms with E-state index in [4.69, 9.17) is 0 Å². The number of carbonyl (C=O) groups excluding carboxylic acids is 1. The van der Waals surface area contributed by atoms with E-state index in [1.54, 1.807) is 0 Å². The molecule has 1 aromatic heterocycles. The molecule has 1 aromatic carbocycles. The number of aromatic nitrogens is 3. The molecule has 0 unspecified atom stereocenters. The number of nitrogens with zero attached hydrogens (tertiary/aromatic N) is 4. The van der Waals surface area contributed by atoms with E-state index in [0.717, 1.165) is 6.07 Å². The molecule has 2 rings (SSSR count). The van der Waals surface area contributed by atoms with Gasteiger partial charge in [-0.25, -0.2) is 0 Å². The van der Waals surface area contributed by atoms with Crippen LogP contribution in [0.25, 0.3) is 11.3 Å². The number of nitrogens with one attached hydrogen (secondary N) is 1. The average Bonchev–Trinajstić information content (AvgIpc) is 0.956. The number of benzene rings is 1. The van der Waals surface area contributed by atoms with Gasteiger partial charge in [-0.2, -0.15) is 0 Å². The van der Waals surface area contributed by atoms with Gasteiger partial charge in [0, 0.05) is 0 Å². The normalized spacial score (nSPS) is 15.7. The maximum absolute atomic E-state index is 15.7. The van der Waals surface area contributed by atoms with Crippen molar-refractivity contribution in [3.05, 3.63) is 30.3 Å². The van der Waals surface area contributed by atoms with Gasteiger partial charge in [0.1, 0.15) is 0 Å². The van der Waals surface area contributed by atoms with Gasteiger partial charge in [-0.05, 0) is 0 Å². The van der Waals surface area contributed by atoms with Crippen molar-refractivity contribution < 1.29 is 176 Å². The predicted molar refractivity (Wildman–Crippen MR) is 212 cm³/mol. The van der Waals surface area contributed by atoms with E-state index in [1.165, 1.54) is 18.7 Å². The van der Waals surface area contributed by atoms with E-state index in [1.807, 2.05) is 5.32 Å². The van der Waals surface area contributed by atoms with Crippen molar-refractivity contribution >= 4 is 28.0 Å². The summed E-state index contributed by atoms with van der Waals surface area (Å²) in [6.45, 7) is 0.986. The van der Waals surface area contributed by atoms with Crippen LogP contribution in [0.4, 0.5) is 171 Å². The van der Waals surface area contributed by atoms with E-state index in [2.05, 4.69) is 10.3 Å². The van der Waals surface area contributed by atoms with Crippen LogP contribution in [0.15, 0.2) is 30.3 Å². The molecule has 0 radical (unpaired) electrons. The zero-order valence-corrected chi connectivity index (χ0v) is 44.5. The molecule has 1 heterocycles. The summed E-state index contributed by atoms with van der Waals surface area (Å²) < 4.78 is 545. The van der Waals surface area contributed by atoms with Gasteiger partial charge in [0.15, 0.2) is 0 Å². The molecular formula is C40H34F39N5OSn. The third-order valence-corrected chi connectivity index (χ3v) is 27.1. The molecular weight excluding hydrogens is 1430 g/mol. The van der Waals surface area contributed by atoms with E-state index < -0.39 is 192 Å². The standard InChI is InChI=1S/C16H22N5O.3C8H4F13.Sn/c1-3-20(4-2)11-10-17-16(22)13-21-15(12-18-19-21)14-8-6-5-7-9-14;3*1-2-3(9,10)4(11,12)5(13,14)6(15,16)7(17,18)8(19,20)21;/h5-9H,3-4,10-11,13H2,1-2H3,(H,17,22);3*1-2H2;. The third kappa shape index (κ3) is 12.8. The Kier molecular flexibility index (Phi) is 21.7. The molecule has 0 bridgehead atoms. The fourth-order valence-electron chi connectivity index (χ4n) is 7.54. The van der Waals surface area contributed by atoms with Crippen LogP contribution in [0.1, 0.15) is 33.1 Å². The van der Waals surface area contributed by atoms with Crippen LogP contribution < -0.4 is 9.03 Å². The van der Waals surface area contributed by atoms with Crippen LogP contribution in [-0.4, -0.2) is 178 Å². The number of hydrogen-bond donors (Lipinski definition) is 1. The Bertz CT molecular complexity index is 2410. The van der Waals surface area contributed by atoms with Gasteiger partial charge in [-0.1, -0.05) is 0 Å². The molecule has 0 spiro atoms. The second-order valence-electron chi connectivity index (χ2n) is 18.5. The number of hydrogen-bond acceptors (Lipinski definition) is 4. The first-order chi connectivity index (χ1) is 37.7. The maximum atomic E-state index is 15.7. The first-order valence-corrected chi connectivity index (χ1v) is 30.1. The molecule has 0 fully saturated rings. The van der Waals surface area contributed by atoms with Gasteiger partial charge in [-0.3, -0.25) is 0 Å². The fourth-order valence-corrected chi connectivity index (χ4v) is 21.4. The van der Waals surface area contributed by atoms with Gasteiger partial charge in [0.05, 0.1) is 0 Å². The van der Waals surface area contributed by atoms with Crippen LogP contribution >= 0.6 is 0 Å². The number of carbonyl (C=O) groups is 1. The molecule has 0 aliphatic rings. The van der Waals surface area contributed by atoms with Crippen molar-refractivity contribution in [3.8, 4) is 11.3 Å². The predicted octanol–water partition coefficient (Wildman–Crippen LogP) is 15.4. The average molecular weight is 1460 g/mol. The van der Waals surface area contributed by atoms with Crippen molar-refractivity contribution in [1.29, 1.82) is 0 Å². The number of amides is 1. The quantitative estimate of drug-likeness (QED) is 0.0625. The number of alkyl halides is 39. The summed E-state index contributed by atoms with van der Waals surface area (Å²) in [6.07, 6.45) is -37.2. The Morgan fingerprint density at radius 1 is 0.430 bits per heavy atom. The number of halogens is 39. The van der Waals surface area contributed by atoms with Crippen molar-refractivity contribution in [2.24, 2.45) is 0 Å². The Hall–Kier alpha value is -4.14. The summed E-state index contributed by atoms with van der Waals surface area (Å²) in [7, 11) is 0. The second kappa shape index (κ2) is 23.9. The Balaban J connectivity index is 3.43. The Morgan fingerprint density at radius 2 is 0.709 bits per heavy atom. The van der Waals surface area contributed by atoms with E-state index in [0.29, 0.717) is 24.3 Å². The van der Waals surface area contributed by atoms with Crippen LogP contribution in [-0.2, 0) is 11.3 Å². The van der Waals surface area contributed by atoms with Crippen molar-refractivity contribution in [3.63, 3.8) is 0 Å². The monoisotopic (exact) mass is 1460 g/mol. The third-order valence-electron chi connectivity index (χ3n) is 13.0. The summed E-state index contributed by atoms with van der Waals surface area (Å²) in [4.78, 5) is 14.6. The number of likely N-dealkylation sites (N-methyl/N-ethyl adjacent to an activating group) is 1. The molecule has 502 valence electrons.